The van der Waals surface area contributed by atoms with Crippen molar-refractivity contribution in [2.75, 3.05) is 0 Å². The van der Waals surface area contributed by atoms with E-state index in [1.54, 1.807) is 18.3 Å². The highest BCUT2D eigenvalue weighted by molar-refractivity contribution is 9.10. The van der Waals surface area contributed by atoms with Gasteiger partial charge in [-0.25, -0.2) is 4.39 Å². The lowest BCUT2D eigenvalue weighted by Crippen LogP contribution is -2.14. The Morgan fingerprint density at radius 2 is 1.84 bits per heavy atom. The van der Waals surface area contributed by atoms with Crippen molar-refractivity contribution < 1.29 is 27.5 Å². The van der Waals surface area contributed by atoms with Crippen LogP contribution in [0.3, 0.4) is 0 Å². The number of alkyl halides is 2. The van der Waals surface area contributed by atoms with Crippen LogP contribution in [0.2, 0.25) is 0 Å². The maximum Gasteiger partial charge on any atom is 0.399 e. The van der Waals surface area contributed by atoms with Crippen LogP contribution in [0.5, 0.6) is 0 Å². The fourth-order valence-electron chi connectivity index (χ4n) is 2.56. The number of benzene rings is 2. The lowest BCUT2D eigenvalue weighted by atomic mass is 10.1. The van der Waals surface area contributed by atoms with Crippen molar-refractivity contribution in [2.45, 2.75) is 12.2 Å². The van der Waals surface area contributed by atoms with Crippen molar-refractivity contribution in [2.24, 2.45) is 0 Å². The van der Waals surface area contributed by atoms with Crippen molar-refractivity contribution in [3.63, 3.8) is 0 Å². The monoisotopic (exact) mass is 433 g/mol. The summed E-state index contributed by atoms with van der Waals surface area (Å²) in [4.78, 5) is 17.7. The lowest BCUT2D eigenvalue weighted by Gasteiger charge is -2.19. The zero-order chi connectivity index (χ0) is 18.4. The molecule has 1 heterocycles. The molecular formula is C16H12BrF3NO3P. The fourth-order valence-corrected chi connectivity index (χ4v) is 3.90. The Labute approximate surface area is 149 Å². The molecule has 3 aromatic rings. The summed E-state index contributed by atoms with van der Waals surface area (Å²) in [5, 5.41) is 0.712. The summed E-state index contributed by atoms with van der Waals surface area (Å²) in [7, 11) is -5.63. The Hall–Kier alpha value is -1.60. The van der Waals surface area contributed by atoms with Crippen LogP contribution in [-0.2, 0) is 16.8 Å². The van der Waals surface area contributed by atoms with Crippen molar-refractivity contribution in [3.05, 3.63) is 70.1 Å². The largest absolute Gasteiger partial charge is 0.399 e. The number of fused-ring (bicyclic) bond motifs is 1. The summed E-state index contributed by atoms with van der Waals surface area (Å²) in [6, 6.07) is 9.83. The summed E-state index contributed by atoms with van der Waals surface area (Å²) in [5.41, 5.74) is -3.63. The molecular weight excluding hydrogens is 422 g/mol. The third kappa shape index (κ3) is 3.40. The van der Waals surface area contributed by atoms with Crippen LogP contribution in [0, 0.1) is 5.82 Å². The van der Waals surface area contributed by atoms with Crippen LogP contribution in [0.1, 0.15) is 11.1 Å². The van der Waals surface area contributed by atoms with Crippen molar-refractivity contribution in [3.8, 4) is 0 Å². The van der Waals surface area contributed by atoms with E-state index in [1.165, 1.54) is 24.3 Å². The number of hydrogen-bond acceptors (Lipinski definition) is 1. The molecule has 0 atom stereocenters. The highest BCUT2D eigenvalue weighted by atomic mass is 79.9. The molecule has 0 saturated heterocycles. The number of rotatable bonds is 4. The molecule has 2 N–H and O–H groups in total. The van der Waals surface area contributed by atoms with Gasteiger partial charge < -0.3 is 14.4 Å². The Bertz CT molecular complexity index is 999. The molecule has 25 heavy (non-hydrogen) atoms. The fraction of sp³-hybridized carbons (Fsp3) is 0.125. The van der Waals surface area contributed by atoms with Gasteiger partial charge in [0.05, 0.1) is 0 Å². The Kier molecular flexibility index (Phi) is 4.58. The number of aromatic nitrogens is 1. The summed E-state index contributed by atoms with van der Waals surface area (Å²) in [6.07, 6.45) is 1.75. The van der Waals surface area contributed by atoms with Gasteiger partial charge in [0.25, 0.3) is 0 Å². The molecule has 132 valence electrons. The predicted molar refractivity (Wildman–Crippen MR) is 91.1 cm³/mol. The summed E-state index contributed by atoms with van der Waals surface area (Å²) in [5.74, 6) is -0.350. The van der Waals surface area contributed by atoms with Gasteiger partial charge in [-0.15, -0.1) is 0 Å². The van der Waals surface area contributed by atoms with E-state index in [1.807, 2.05) is 4.57 Å². The van der Waals surface area contributed by atoms with E-state index < -0.39 is 18.8 Å². The first-order valence-corrected chi connectivity index (χ1v) is 9.47. The molecule has 0 aliphatic heterocycles. The molecule has 3 rings (SSSR count). The molecule has 0 spiro atoms. The van der Waals surface area contributed by atoms with Crippen LogP contribution in [0.25, 0.3) is 10.9 Å². The van der Waals surface area contributed by atoms with Gasteiger partial charge in [-0.3, -0.25) is 4.57 Å². The quantitative estimate of drug-likeness (QED) is 0.580. The first-order chi connectivity index (χ1) is 11.6. The van der Waals surface area contributed by atoms with Crippen molar-refractivity contribution >= 4 is 34.4 Å². The molecule has 0 unspecified atom stereocenters. The van der Waals surface area contributed by atoms with E-state index in [4.69, 9.17) is 9.79 Å². The minimum absolute atomic E-state index is 0.0965. The first-order valence-electron chi connectivity index (χ1n) is 7.06. The Balaban J connectivity index is 1.94. The number of halogens is 4. The van der Waals surface area contributed by atoms with Gasteiger partial charge in [0.2, 0.25) is 0 Å². The zero-order valence-electron chi connectivity index (χ0n) is 12.5. The molecule has 4 nitrogen and oxygen atoms in total. The smallest absolute Gasteiger partial charge is 0.343 e. The second kappa shape index (κ2) is 6.29. The average Bonchev–Trinajstić information content (AvgIpc) is 2.88. The van der Waals surface area contributed by atoms with Gasteiger partial charge in [0, 0.05) is 33.7 Å². The van der Waals surface area contributed by atoms with Crippen LogP contribution >= 0.6 is 23.5 Å². The summed E-state index contributed by atoms with van der Waals surface area (Å²) >= 11 is 2.96. The van der Waals surface area contributed by atoms with Gasteiger partial charge in [-0.05, 0) is 35.9 Å². The molecule has 0 aliphatic rings. The molecule has 0 aliphatic carbocycles. The number of nitrogens with zero attached hydrogens (tertiary/aromatic N) is 1. The molecule has 2 aromatic carbocycles. The minimum atomic E-state index is -5.63. The van der Waals surface area contributed by atoms with Crippen molar-refractivity contribution in [1.82, 2.24) is 4.57 Å². The third-order valence-electron chi connectivity index (χ3n) is 3.81. The Morgan fingerprint density at radius 1 is 1.12 bits per heavy atom. The maximum absolute atomic E-state index is 13.8. The van der Waals surface area contributed by atoms with Gasteiger partial charge >= 0.3 is 13.3 Å². The molecule has 0 fully saturated rings. The van der Waals surface area contributed by atoms with E-state index in [-0.39, 0.29) is 10.3 Å². The number of hydrogen-bond donors (Lipinski definition) is 2. The van der Waals surface area contributed by atoms with E-state index in [2.05, 4.69) is 15.9 Å². The van der Waals surface area contributed by atoms with E-state index in [9.17, 15) is 17.7 Å². The molecule has 0 radical (unpaired) electrons. The molecule has 1 aromatic heterocycles. The zero-order valence-corrected chi connectivity index (χ0v) is 15.0. The SMILES string of the molecule is O=P(O)(O)C(F)(F)c1ccc(Cn2ccc3cc(F)ccc32)cc1Br. The van der Waals surface area contributed by atoms with Crippen LogP contribution in [0.15, 0.2) is 53.1 Å². The normalized spacial score (nSPS) is 12.7. The minimum Gasteiger partial charge on any atom is -0.343 e. The van der Waals surface area contributed by atoms with Gasteiger partial charge in [0.1, 0.15) is 5.82 Å². The van der Waals surface area contributed by atoms with E-state index in [0.29, 0.717) is 17.5 Å². The molecule has 0 bridgehead atoms. The highest BCUT2D eigenvalue weighted by Gasteiger charge is 2.51. The van der Waals surface area contributed by atoms with Crippen molar-refractivity contribution in [1.29, 1.82) is 0 Å². The van der Waals surface area contributed by atoms with Crippen LogP contribution < -0.4 is 0 Å². The average molecular weight is 434 g/mol. The van der Waals surface area contributed by atoms with Crippen LogP contribution in [-0.4, -0.2) is 14.4 Å². The molecule has 0 amide bonds. The Morgan fingerprint density at radius 3 is 2.48 bits per heavy atom. The third-order valence-corrected chi connectivity index (χ3v) is 5.44. The van der Waals surface area contributed by atoms with Gasteiger partial charge in [-0.2, -0.15) is 8.78 Å². The summed E-state index contributed by atoms with van der Waals surface area (Å²) in [6.45, 7) is 0.329. The lowest BCUT2D eigenvalue weighted by molar-refractivity contribution is 0.0557. The van der Waals surface area contributed by atoms with E-state index >= 15 is 0 Å². The first kappa shape index (κ1) is 18.2. The van der Waals surface area contributed by atoms with Gasteiger partial charge in [0.15, 0.2) is 0 Å². The van der Waals surface area contributed by atoms with Gasteiger partial charge in [-0.1, -0.05) is 28.1 Å². The standard InChI is InChI=1S/C16H12BrF3NO3P/c17-14-7-10(1-3-13(14)16(19,20)25(22,23)24)9-21-6-5-11-8-12(18)2-4-15(11)21/h1-8H,9H2,(H2,22,23,24). The predicted octanol–water partition coefficient (Wildman–Crippen LogP) is 4.82. The topological polar surface area (TPSA) is 62.5 Å². The van der Waals surface area contributed by atoms with Crippen LogP contribution in [0.4, 0.5) is 13.2 Å². The van der Waals surface area contributed by atoms with E-state index in [0.717, 1.165) is 11.6 Å². The molecule has 0 saturated carbocycles. The highest BCUT2D eigenvalue weighted by Crippen LogP contribution is 2.60. The second-order valence-corrected chi connectivity index (χ2v) is 8.05. The molecule has 9 heteroatoms. The maximum atomic E-state index is 13.8. The summed E-state index contributed by atoms with van der Waals surface area (Å²) < 4.78 is 53.6. The second-order valence-electron chi connectivity index (χ2n) is 5.55.